The molecular formula is C11H14N4O2S. The van der Waals surface area contributed by atoms with Gasteiger partial charge in [0.05, 0.1) is 19.3 Å². The van der Waals surface area contributed by atoms with Gasteiger partial charge in [-0.2, -0.15) is 4.98 Å². The van der Waals surface area contributed by atoms with Gasteiger partial charge >= 0.3 is 0 Å². The Morgan fingerprint density at radius 3 is 3.06 bits per heavy atom. The fourth-order valence-corrected chi connectivity index (χ4v) is 2.76. The van der Waals surface area contributed by atoms with Gasteiger partial charge in [0.2, 0.25) is 5.88 Å². The zero-order valence-corrected chi connectivity index (χ0v) is 11.0. The second-order valence-electron chi connectivity index (χ2n) is 4.31. The Balaban J connectivity index is 2.23. The SMILES string of the molecule is COc1ncnc2c1[nH]c(=S)n2C1CCOC1C. The van der Waals surface area contributed by atoms with Crippen LogP contribution < -0.4 is 4.74 Å². The van der Waals surface area contributed by atoms with Gasteiger partial charge in [0, 0.05) is 6.61 Å². The molecule has 3 rings (SSSR count). The van der Waals surface area contributed by atoms with Crippen LogP contribution in [0, 0.1) is 4.77 Å². The molecule has 18 heavy (non-hydrogen) atoms. The van der Waals surface area contributed by atoms with E-state index >= 15 is 0 Å². The lowest BCUT2D eigenvalue weighted by Crippen LogP contribution is -2.17. The van der Waals surface area contributed by atoms with Crippen molar-refractivity contribution in [1.29, 1.82) is 0 Å². The van der Waals surface area contributed by atoms with Gasteiger partial charge in [-0.05, 0) is 25.6 Å². The third kappa shape index (κ3) is 1.62. The summed E-state index contributed by atoms with van der Waals surface area (Å²) in [6, 6.07) is 0.214. The number of aromatic amines is 1. The van der Waals surface area contributed by atoms with E-state index in [0.717, 1.165) is 24.2 Å². The number of hydrogen-bond acceptors (Lipinski definition) is 5. The molecule has 7 heteroatoms. The van der Waals surface area contributed by atoms with E-state index in [1.165, 1.54) is 6.33 Å². The number of imidazole rings is 1. The summed E-state index contributed by atoms with van der Waals surface area (Å²) in [6.45, 7) is 2.80. The van der Waals surface area contributed by atoms with E-state index < -0.39 is 0 Å². The molecule has 0 bridgehead atoms. The molecule has 0 radical (unpaired) electrons. The first-order chi connectivity index (χ1) is 8.72. The Kier molecular flexibility index (Phi) is 2.79. The van der Waals surface area contributed by atoms with Crippen LogP contribution in [0.1, 0.15) is 19.4 Å². The topological polar surface area (TPSA) is 65.0 Å². The highest BCUT2D eigenvalue weighted by Crippen LogP contribution is 2.30. The number of ether oxygens (including phenoxy) is 2. The minimum absolute atomic E-state index is 0.136. The van der Waals surface area contributed by atoms with Crippen molar-refractivity contribution in [3.63, 3.8) is 0 Å². The zero-order chi connectivity index (χ0) is 12.7. The van der Waals surface area contributed by atoms with Crippen molar-refractivity contribution in [1.82, 2.24) is 19.5 Å². The molecule has 0 aliphatic carbocycles. The normalized spacial score (nSPS) is 23.7. The fraction of sp³-hybridized carbons (Fsp3) is 0.545. The molecule has 2 aromatic rings. The second kappa shape index (κ2) is 4.33. The van der Waals surface area contributed by atoms with Gasteiger partial charge < -0.3 is 14.5 Å². The van der Waals surface area contributed by atoms with Crippen molar-refractivity contribution in [2.24, 2.45) is 0 Å². The molecule has 1 fully saturated rings. The molecule has 0 aromatic carbocycles. The average molecular weight is 266 g/mol. The van der Waals surface area contributed by atoms with Gasteiger partial charge in [0.15, 0.2) is 10.4 Å². The van der Waals surface area contributed by atoms with Crippen LogP contribution in [0.2, 0.25) is 0 Å². The van der Waals surface area contributed by atoms with Crippen LogP contribution in [0.5, 0.6) is 5.88 Å². The number of nitrogens with zero attached hydrogens (tertiary/aromatic N) is 3. The quantitative estimate of drug-likeness (QED) is 0.840. The van der Waals surface area contributed by atoms with E-state index in [2.05, 4.69) is 21.9 Å². The van der Waals surface area contributed by atoms with Gasteiger partial charge in [-0.25, -0.2) is 4.98 Å². The van der Waals surface area contributed by atoms with Gasteiger partial charge in [-0.1, -0.05) is 0 Å². The Bertz CT molecular complexity index is 635. The lowest BCUT2D eigenvalue weighted by atomic mass is 10.1. The van der Waals surface area contributed by atoms with Crippen molar-refractivity contribution in [3.8, 4) is 5.88 Å². The Labute approximate surface area is 109 Å². The maximum atomic E-state index is 5.59. The van der Waals surface area contributed by atoms with Crippen LogP contribution in [-0.2, 0) is 4.74 Å². The number of fused-ring (bicyclic) bond motifs is 1. The van der Waals surface area contributed by atoms with E-state index in [4.69, 9.17) is 21.7 Å². The monoisotopic (exact) mass is 266 g/mol. The van der Waals surface area contributed by atoms with Crippen LogP contribution in [0.4, 0.5) is 0 Å². The Hall–Kier alpha value is -1.47. The lowest BCUT2D eigenvalue weighted by Gasteiger charge is -2.16. The Morgan fingerprint density at radius 2 is 2.39 bits per heavy atom. The predicted octanol–water partition coefficient (Wildman–Crippen LogP) is 1.85. The Morgan fingerprint density at radius 1 is 1.56 bits per heavy atom. The molecule has 6 nitrogen and oxygen atoms in total. The number of H-pyrrole nitrogens is 1. The van der Waals surface area contributed by atoms with Crippen LogP contribution in [0.25, 0.3) is 11.2 Å². The van der Waals surface area contributed by atoms with E-state index in [0.29, 0.717) is 10.7 Å². The van der Waals surface area contributed by atoms with Gasteiger partial charge in [-0.15, -0.1) is 0 Å². The molecule has 1 saturated heterocycles. The minimum Gasteiger partial charge on any atom is -0.479 e. The molecule has 0 saturated carbocycles. The van der Waals surface area contributed by atoms with E-state index in [1.54, 1.807) is 7.11 Å². The highest BCUT2D eigenvalue weighted by Gasteiger charge is 2.28. The molecule has 2 atom stereocenters. The largest absolute Gasteiger partial charge is 0.479 e. The first-order valence-electron chi connectivity index (χ1n) is 5.83. The summed E-state index contributed by atoms with van der Waals surface area (Å²) in [7, 11) is 1.58. The first kappa shape index (κ1) is 11.6. The van der Waals surface area contributed by atoms with E-state index in [1.807, 2.05) is 4.57 Å². The highest BCUT2D eigenvalue weighted by atomic mass is 32.1. The van der Waals surface area contributed by atoms with Gasteiger partial charge in [0.25, 0.3) is 0 Å². The molecule has 3 heterocycles. The third-order valence-corrected chi connectivity index (χ3v) is 3.63. The summed E-state index contributed by atoms with van der Waals surface area (Å²) in [5, 5.41) is 0. The summed E-state index contributed by atoms with van der Waals surface area (Å²) in [5.41, 5.74) is 1.51. The van der Waals surface area contributed by atoms with Crippen molar-refractivity contribution < 1.29 is 9.47 Å². The van der Waals surface area contributed by atoms with Crippen LogP contribution in [0.3, 0.4) is 0 Å². The highest BCUT2D eigenvalue weighted by molar-refractivity contribution is 7.71. The number of aromatic nitrogens is 4. The van der Waals surface area contributed by atoms with Crippen molar-refractivity contribution in [2.45, 2.75) is 25.5 Å². The minimum atomic E-state index is 0.136. The molecule has 1 N–H and O–H groups in total. The summed E-state index contributed by atoms with van der Waals surface area (Å²) in [6.07, 6.45) is 2.56. The maximum Gasteiger partial charge on any atom is 0.242 e. The molecule has 2 aromatic heterocycles. The van der Waals surface area contributed by atoms with Crippen molar-refractivity contribution in [2.75, 3.05) is 13.7 Å². The van der Waals surface area contributed by atoms with Crippen molar-refractivity contribution >= 4 is 23.4 Å². The zero-order valence-electron chi connectivity index (χ0n) is 10.2. The second-order valence-corrected chi connectivity index (χ2v) is 4.70. The summed E-state index contributed by atoms with van der Waals surface area (Å²) in [4.78, 5) is 11.5. The van der Waals surface area contributed by atoms with E-state index in [9.17, 15) is 0 Å². The van der Waals surface area contributed by atoms with Crippen LogP contribution in [0.15, 0.2) is 6.33 Å². The molecule has 1 aliphatic heterocycles. The number of nitrogens with one attached hydrogen (secondary N) is 1. The summed E-state index contributed by atoms with van der Waals surface area (Å²) >= 11 is 5.38. The van der Waals surface area contributed by atoms with Gasteiger partial charge in [0.1, 0.15) is 11.8 Å². The average Bonchev–Trinajstić information content (AvgIpc) is 2.91. The molecule has 0 amide bonds. The number of methoxy groups -OCH3 is 1. The number of hydrogen-bond donors (Lipinski definition) is 1. The van der Waals surface area contributed by atoms with Gasteiger partial charge in [-0.3, -0.25) is 4.57 Å². The molecular weight excluding hydrogens is 252 g/mol. The molecule has 0 spiro atoms. The molecule has 1 aliphatic rings. The summed E-state index contributed by atoms with van der Waals surface area (Å²) < 4.78 is 13.4. The standard InChI is InChI=1S/C11H14N4O2S/c1-6-7(3-4-17-6)15-9-8(14-11(15)18)10(16-2)13-5-12-9/h5-7H,3-4H2,1-2H3,(H,14,18). The maximum absolute atomic E-state index is 5.59. The smallest absolute Gasteiger partial charge is 0.242 e. The fourth-order valence-electron chi connectivity index (χ4n) is 2.44. The summed E-state index contributed by atoms with van der Waals surface area (Å²) in [5.74, 6) is 0.511. The lowest BCUT2D eigenvalue weighted by molar-refractivity contribution is 0.108. The first-order valence-corrected chi connectivity index (χ1v) is 6.24. The number of rotatable bonds is 2. The van der Waals surface area contributed by atoms with Crippen LogP contribution >= 0.6 is 12.2 Å². The third-order valence-electron chi connectivity index (χ3n) is 3.33. The van der Waals surface area contributed by atoms with Crippen molar-refractivity contribution in [3.05, 3.63) is 11.1 Å². The molecule has 2 unspecified atom stereocenters. The van der Waals surface area contributed by atoms with Crippen LogP contribution in [-0.4, -0.2) is 39.3 Å². The predicted molar refractivity (Wildman–Crippen MR) is 68.3 cm³/mol. The molecule has 96 valence electrons. The van der Waals surface area contributed by atoms with E-state index in [-0.39, 0.29) is 12.1 Å².